The molecule has 5 rings (SSSR count). The zero-order valence-electron chi connectivity index (χ0n) is 15.4. The van der Waals surface area contributed by atoms with Crippen molar-refractivity contribution in [1.82, 2.24) is 19.9 Å². The lowest BCUT2D eigenvalue weighted by molar-refractivity contribution is 0.462. The zero-order chi connectivity index (χ0) is 18.8. The predicted molar refractivity (Wildman–Crippen MR) is 112 cm³/mol. The lowest BCUT2D eigenvalue weighted by Crippen LogP contribution is -2.21. The van der Waals surface area contributed by atoms with Crippen LogP contribution in [0.5, 0.6) is 11.5 Å². The van der Waals surface area contributed by atoms with Crippen LogP contribution in [0.2, 0.25) is 0 Å². The number of aromatic nitrogens is 4. The molecule has 1 saturated carbocycles. The molecule has 142 valence electrons. The van der Waals surface area contributed by atoms with E-state index in [-0.39, 0.29) is 0 Å². The summed E-state index contributed by atoms with van der Waals surface area (Å²) in [5, 5.41) is 4.62. The fourth-order valence-corrected chi connectivity index (χ4v) is 4.58. The van der Waals surface area contributed by atoms with E-state index in [1.165, 1.54) is 32.1 Å². The summed E-state index contributed by atoms with van der Waals surface area (Å²) in [7, 11) is 0. The molecule has 0 atom stereocenters. The van der Waals surface area contributed by atoms with Crippen molar-refractivity contribution in [2.75, 3.05) is 5.32 Å². The number of benzene rings is 1. The van der Waals surface area contributed by atoms with Gasteiger partial charge in [-0.05, 0) is 31.0 Å². The number of hydrogen-bond acceptors (Lipinski definition) is 6. The third kappa shape index (κ3) is 3.71. The smallest absolute Gasteiger partial charge is 0.184 e. The number of imidazole rings is 1. The molecule has 0 aliphatic heterocycles. The summed E-state index contributed by atoms with van der Waals surface area (Å²) in [5.74, 6) is 1.53. The largest absolute Gasteiger partial charge is 0.457 e. The molecule has 3 heterocycles. The maximum absolute atomic E-state index is 6.07. The molecule has 2 N–H and O–H groups in total. The summed E-state index contributed by atoms with van der Waals surface area (Å²) in [5.41, 5.74) is 2.66. The molecule has 4 aromatic rings. The number of pyridine rings is 1. The van der Waals surface area contributed by atoms with Gasteiger partial charge in [0.2, 0.25) is 0 Å². The number of H-pyrrole nitrogens is 1. The Labute approximate surface area is 167 Å². The van der Waals surface area contributed by atoms with Gasteiger partial charge in [-0.3, -0.25) is 4.98 Å². The number of anilines is 1. The highest BCUT2D eigenvalue weighted by Crippen LogP contribution is 2.33. The molecular formula is C21H21N5OS. The van der Waals surface area contributed by atoms with E-state index in [4.69, 9.17) is 9.72 Å². The van der Waals surface area contributed by atoms with Crippen molar-refractivity contribution in [3.63, 3.8) is 0 Å². The number of aromatic amines is 1. The molecule has 0 bridgehead atoms. The molecule has 28 heavy (non-hydrogen) atoms. The van der Waals surface area contributed by atoms with Crippen molar-refractivity contribution in [3.8, 4) is 22.9 Å². The Morgan fingerprint density at radius 3 is 2.82 bits per heavy atom. The van der Waals surface area contributed by atoms with Crippen LogP contribution in [0, 0.1) is 0 Å². The molecule has 7 heteroatoms. The van der Waals surface area contributed by atoms with Gasteiger partial charge in [0, 0.05) is 24.4 Å². The van der Waals surface area contributed by atoms with Crippen LogP contribution in [0.15, 0.2) is 49.1 Å². The molecule has 1 aliphatic carbocycles. The van der Waals surface area contributed by atoms with Crippen LogP contribution in [-0.2, 0) is 0 Å². The lowest BCUT2D eigenvalue weighted by Gasteiger charge is -2.22. The van der Waals surface area contributed by atoms with Crippen LogP contribution < -0.4 is 10.1 Å². The van der Waals surface area contributed by atoms with Gasteiger partial charge >= 0.3 is 0 Å². The average Bonchev–Trinajstić information content (AvgIpc) is 3.38. The van der Waals surface area contributed by atoms with Gasteiger partial charge in [0.1, 0.15) is 11.5 Å². The monoisotopic (exact) mass is 391 g/mol. The highest BCUT2D eigenvalue weighted by Gasteiger charge is 2.15. The van der Waals surface area contributed by atoms with Gasteiger partial charge in [-0.2, -0.15) is 0 Å². The summed E-state index contributed by atoms with van der Waals surface area (Å²) in [6, 6.07) is 10.3. The maximum Gasteiger partial charge on any atom is 0.184 e. The molecule has 1 fully saturated rings. The number of thiazole rings is 1. The van der Waals surface area contributed by atoms with Crippen LogP contribution in [-0.4, -0.2) is 26.0 Å². The Kier molecular flexibility index (Phi) is 4.66. The van der Waals surface area contributed by atoms with E-state index in [0.717, 1.165) is 38.2 Å². The number of fused-ring (bicyclic) bond motifs is 1. The molecule has 3 aromatic heterocycles. The first-order valence-electron chi connectivity index (χ1n) is 9.63. The minimum absolute atomic E-state index is 0.558. The minimum atomic E-state index is 0.558. The Morgan fingerprint density at radius 1 is 1.07 bits per heavy atom. The maximum atomic E-state index is 6.07. The summed E-state index contributed by atoms with van der Waals surface area (Å²) in [6.07, 6.45) is 11.6. The van der Waals surface area contributed by atoms with Crippen LogP contribution in [0.1, 0.15) is 32.1 Å². The second-order valence-corrected chi connectivity index (χ2v) is 8.10. The third-order valence-corrected chi connectivity index (χ3v) is 5.98. The molecule has 1 aliphatic rings. The van der Waals surface area contributed by atoms with E-state index < -0.39 is 0 Å². The number of rotatable bonds is 5. The van der Waals surface area contributed by atoms with Crippen molar-refractivity contribution >= 4 is 26.7 Å². The van der Waals surface area contributed by atoms with E-state index in [0.29, 0.717) is 6.04 Å². The molecule has 0 amide bonds. The van der Waals surface area contributed by atoms with Gasteiger partial charge in [0.05, 0.1) is 34.1 Å². The number of ether oxygens (including phenoxy) is 1. The summed E-state index contributed by atoms with van der Waals surface area (Å²) < 4.78 is 7.19. The number of hydrogen-bond donors (Lipinski definition) is 2. The average molecular weight is 392 g/mol. The van der Waals surface area contributed by atoms with Crippen molar-refractivity contribution in [2.24, 2.45) is 0 Å². The van der Waals surface area contributed by atoms with Crippen LogP contribution in [0.25, 0.3) is 21.6 Å². The Hall–Kier alpha value is -2.93. The van der Waals surface area contributed by atoms with Crippen LogP contribution in [0.3, 0.4) is 0 Å². The topological polar surface area (TPSA) is 75.7 Å². The van der Waals surface area contributed by atoms with E-state index in [1.807, 2.05) is 24.3 Å². The first-order chi connectivity index (χ1) is 13.8. The highest BCUT2D eigenvalue weighted by molar-refractivity contribution is 7.22. The summed E-state index contributed by atoms with van der Waals surface area (Å²) >= 11 is 1.69. The van der Waals surface area contributed by atoms with Crippen molar-refractivity contribution in [1.29, 1.82) is 0 Å². The summed E-state index contributed by atoms with van der Waals surface area (Å²) in [6.45, 7) is 0. The Balaban J connectivity index is 1.34. The van der Waals surface area contributed by atoms with Crippen LogP contribution >= 0.6 is 11.3 Å². The summed E-state index contributed by atoms with van der Waals surface area (Å²) in [4.78, 5) is 16.2. The first kappa shape index (κ1) is 17.2. The fourth-order valence-electron chi connectivity index (χ4n) is 3.61. The van der Waals surface area contributed by atoms with E-state index in [9.17, 15) is 0 Å². The SMILES string of the molecule is c1cc(Oc2ccc3nc(NC4CCCCC4)sc3c2)cc(-c2cnc[nH]2)n1. The van der Waals surface area contributed by atoms with Crippen LogP contribution in [0.4, 0.5) is 5.13 Å². The molecule has 0 saturated heterocycles. The fraction of sp³-hybridized carbons (Fsp3) is 0.286. The molecule has 0 spiro atoms. The molecule has 1 aromatic carbocycles. The second-order valence-electron chi connectivity index (χ2n) is 7.07. The predicted octanol–water partition coefficient (Wildman–Crippen LogP) is 5.62. The zero-order valence-corrected chi connectivity index (χ0v) is 16.2. The Morgan fingerprint density at radius 2 is 1.96 bits per heavy atom. The molecule has 6 nitrogen and oxygen atoms in total. The highest BCUT2D eigenvalue weighted by atomic mass is 32.1. The van der Waals surface area contributed by atoms with E-state index in [1.54, 1.807) is 30.1 Å². The van der Waals surface area contributed by atoms with Crippen molar-refractivity contribution < 1.29 is 4.74 Å². The minimum Gasteiger partial charge on any atom is -0.457 e. The molecule has 0 radical (unpaired) electrons. The molecule has 0 unspecified atom stereocenters. The normalized spacial score (nSPS) is 15.0. The van der Waals surface area contributed by atoms with Gasteiger partial charge < -0.3 is 15.0 Å². The second kappa shape index (κ2) is 7.59. The first-order valence-corrected chi connectivity index (χ1v) is 10.4. The van der Waals surface area contributed by atoms with Gasteiger partial charge in [-0.25, -0.2) is 9.97 Å². The van der Waals surface area contributed by atoms with Crippen molar-refractivity contribution in [3.05, 3.63) is 49.1 Å². The van der Waals surface area contributed by atoms with E-state index >= 15 is 0 Å². The van der Waals surface area contributed by atoms with Gasteiger partial charge in [-0.15, -0.1) is 0 Å². The van der Waals surface area contributed by atoms with Gasteiger partial charge in [-0.1, -0.05) is 30.6 Å². The quantitative estimate of drug-likeness (QED) is 0.462. The Bertz CT molecular complexity index is 1070. The van der Waals surface area contributed by atoms with Crippen molar-refractivity contribution in [2.45, 2.75) is 38.1 Å². The lowest BCUT2D eigenvalue weighted by atomic mass is 9.96. The van der Waals surface area contributed by atoms with Gasteiger partial charge in [0.25, 0.3) is 0 Å². The third-order valence-electron chi connectivity index (χ3n) is 5.03. The van der Waals surface area contributed by atoms with Gasteiger partial charge in [0.15, 0.2) is 5.13 Å². The van der Waals surface area contributed by atoms with E-state index in [2.05, 4.69) is 26.3 Å². The molecular weight excluding hydrogens is 370 g/mol. The number of nitrogens with zero attached hydrogens (tertiary/aromatic N) is 3. The standard InChI is InChI=1S/C21H21N5OS/c1-2-4-14(5-3-1)25-21-26-17-7-6-15(11-20(17)28-21)27-16-8-9-23-18(10-16)19-12-22-13-24-19/h6-14H,1-5H2,(H,22,24)(H,25,26). The number of nitrogens with one attached hydrogen (secondary N) is 2.